The predicted octanol–water partition coefficient (Wildman–Crippen LogP) is 3.72. The Morgan fingerprint density at radius 2 is 1.76 bits per heavy atom. The number of methoxy groups -OCH3 is 1. The first-order valence-corrected chi connectivity index (χ1v) is 9.57. The number of nitrogens with zero attached hydrogens (tertiary/aromatic N) is 3. The lowest BCUT2D eigenvalue weighted by molar-refractivity contribution is 0.0779. The maximum Gasteiger partial charge on any atom is 0.272 e. The Labute approximate surface area is 171 Å². The van der Waals surface area contributed by atoms with Crippen molar-refractivity contribution in [1.82, 2.24) is 14.9 Å². The zero-order valence-corrected chi connectivity index (χ0v) is 17.1. The number of aromatic nitrogens is 2. The fourth-order valence-corrected chi connectivity index (χ4v) is 3.02. The van der Waals surface area contributed by atoms with Crippen LogP contribution in [-0.4, -0.2) is 41.5 Å². The van der Waals surface area contributed by atoms with Crippen LogP contribution in [0, 0.1) is 6.92 Å². The molecule has 0 radical (unpaired) electrons. The maximum atomic E-state index is 12.8. The first kappa shape index (κ1) is 20.3. The molecule has 3 rings (SSSR count). The second kappa shape index (κ2) is 9.68. The Bertz CT molecular complexity index is 943. The molecule has 0 bridgehead atoms. The third-order valence-corrected chi connectivity index (χ3v) is 4.55. The van der Waals surface area contributed by atoms with Gasteiger partial charge in [0, 0.05) is 26.2 Å². The van der Waals surface area contributed by atoms with Gasteiger partial charge in [-0.05, 0) is 36.6 Å². The summed E-state index contributed by atoms with van der Waals surface area (Å²) in [5, 5.41) is 3.29. The first-order chi connectivity index (χ1) is 14.0. The molecule has 150 valence electrons. The molecule has 6 nitrogen and oxygen atoms in total. The lowest BCUT2D eigenvalue weighted by Crippen LogP contribution is -2.27. The Morgan fingerprint density at radius 1 is 1.03 bits per heavy atom. The van der Waals surface area contributed by atoms with Crippen molar-refractivity contribution in [3.05, 3.63) is 83.3 Å². The van der Waals surface area contributed by atoms with Crippen molar-refractivity contribution in [2.75, 3.05) is 26.0 Å². The minimum atomic E-state index is -0.127. The molecular formula is C23H26N4O2. The number of benzene rings is 2. The van der Waals surface area contributed by atoms with Crippen molar-refractivity contribution in [2.45, 2.75) is 19.9 Å². The van der Waals surface area contributed by atoms with Gasteiger partial charge in [0.25, 0.3) is 5.91 Å². The number of carbonyl (C=O) groups is 1. The van der Waals surface area contributed by atoms with E-state index in [9.17, 15) is 4.79 Å². The van der Waals surface area contributed by atoms with Crippen LogP contribution in [0.2, 0.25) is 0 Å². The van der Waals surface area contributed by atoms with E-state index in [0.29, 0.717) is 30.4 Å². The molecule has 0 aliphatic heterocycles. The lowest BCUT2D eigenvalue weighted by atomic mass is 10.1. The number of carbonyl (C=O) groups excluding carboxylic acids is 1. The van der Waals surface area contributed by atoms with Gasteiger partial charge in [0.2, 0.25) is 0 Å². The molecule has 29 heavy (non-hydrogen) atoms. The molecule has 3 aromatic rings. The van der Waals surface area contributed by atoms with E-state index in [2.05, 4.69) is 15.3 Å². The van der Waals surface area contributed by atoms with Crippen LogP contribution in [0.5, 0.6) is 5.75 Å². The second-order valence-electron chi connectivity index (χ2n) is 6.86. The van der Waals surface area contributed by atoms with Gasteiger partial charge in [-0.1, -0.05) is 42.5 Å². The van der Waals surface area contributed by atoms with E-state index in [1.54, 1.807) is 32.0 Å². The van der Waals surface area contributed by atoms with Crippen LogP contribution in [0.1, 0.15) is 27.4 Å². The topological polar surface area (TPSA) is 67.3 Å². The van der Waals surface area contributed by atoms with E-state index in [-0.39, 0.29) is 5.91 Å². The molecule has 1 N–H and O–H groups in total. The van der Waals surface area contributed by atoms with Gasteiger partial charge in [-0.25, -0.2) is 9.97 Å². The molecule has 0 aliphatic carbocycles. The Balaban J connectivity index is 1.61. The van der Waals surface area contributed by atoms with Gasteiger partial charge >= 0.3 is 0 Å². The largest absolute Gasteiger partial charge is 0.497 e. The number of amides is 1. The summed E-state index contributed by atoms with van der Waals surface area (Å²) in [6, 6.07) is 19.6. The molecule has 1 heterocycles. The quantitative estimate of drug-likeness (QED) is 0.635. The number of rotatable bonds is 8. The molecule has 0 unspecified atom stereocenters. The summed E-state index contributed by atoms with van der Waals surface area (Å²) in [6.45, 7) is 3.03. The molecule has 1 amide bonds. The fraction of sp³-hybridized carbons (Fsp3) is 0.261. The zero-order chi connectivity index (χ0) is 20.6. The summed E-state index contributed by atoms with van der Waals surface area (Å²) in [5.41, 5.74) is 2.66. The molecule has 6 heteroatoms. The number of hydrogen-bond donors (Lipinski definition) is 1. The highest BCUT2D eigenvalue weighted by atomic mass is 16.5. The summed E-state index contributed by atoms with van der Waals surface area (Å²) in [7, 11) is 3.44. The van der Waals surface area contributed by atoms with E-state index in [1.165, 1.54) is 5.56 Å². The van der Waals surface area contributed by atoms with Crippen LogP contribution in [0.4, 0.5) is 5.82 Å². The summed E-state index contributed by atoms with van der Waals surface area (Å²) in [5.74, 6) is 1.94. The van der Waals surface area contributed by atoms with Crippen LogP contribution < -0.4 is 10.1 Å². The lowest BCUT2D eigenvalue weighted by Gasteiger charge is -2.17. The summed E-state index contributed by atoms with van der Waals surface area (Å²) < 4.78 is 5.18. The number of hydrogen-bond acceptors (Lipinski definition) is 5. The minimum absolute atomic E-state index is 0.127. The average Bonchev–Trinajstić information content (AvgIpc) is 2.74. The summed E-state index contributed by atoms with van der Waals surface area (Å²) in [4.78, 5) is 23.2. The summed E-state index contributed by atoms with van der Waals surface area (Å²) >= 11 is 0. The van der Waals surface area contributed by atoms with Gasteiger partial charge in [-0.2, -0.15) is 0 Å². The van der Waals surface area contributed by atoms with Crippen molar-refractivity contribution < 1.29 is 9.53 Å². The molecule has 0 saturated carbocycles. The molecule has 0 fully saturated rings. The Kier molecular flexibility index (Phi) is 6.79. The molecule has 0 atom stereocenters. The maximum absolute atomic E-state index is 12.8. The van der Waals surface area contributed by atoms with Gasteiger partial charge in [0.05, 0.1) is 7.11 Å². The standard InChI is InChI=1S/C23H26N4O2/c1-17-25-21(23(28)27(2)16-19-7-5-4-6-8-19)15-22(26-17)24-14-13-18-9-11-20(29-3)12-10-18/h4-12,15H,13-14,16H2,1-3H3,(H,24,25,26). The molecule has 1 aromatic heterocycles. The molecule has 0 aliphatic rings. The van der Waals surface area contributed by atoms with E-state index in [1.807, 2.05) is 54.6 Å². The van der Waals surface area contributed by atoms with Crippen LogP contribution in [0.15, 0.2) is 60.7 Å². The minimum Gasteiger partial charge on any atom is -0.497 e. The third kappa shape index (κ3) is 5.78. The van der Waals surface area contributed by atoms with Crippen LogP contribution in [-0.2, 0) is 13.0 Å². The van der Waals surface area contributed by atoms with Gasteiger partial charge in [0.15, 0.2) is 0 Å². The smallest absolute Gasteiger partial charge is 0.272 e. The monoisotopic (exact) mass is 390 g/mol. The molecular weight excluding hydrogens is 364 g/mol. The zero-order valence-electron chi connectivity index (χ0n) is 17.1. The van der Waals surface area contributed by atoms with Gasteiger partial charge in [-0.15, -0.1) is 0 Å². The van der Waals surface area contributed by atoms with Crippen LogP contribution >= 0.6 is 0 Å². The average molecular weight is 390 g/mol. The highest BCUT2D eigenvalue weighted by molar-refractivity contribution is 5.92. The van der Waals surface area contributed by atoms with Crippen molar-refractivity contribution in [1.29, 1.82) is 0 Å². The second-order valence-corrected chi connectivity index (χ2v) is 6.86. The van der Waals surface area contributed by atoms with E-state index in [0.717, 1.165) is 17.7 Å². The predicted molar refractivity (Wildman–Crippen MR) is 114 cm³/mol. The van der Waals surface area contributed by atoms with Crippen molar-refractivity contribution >= 4 is 11.7 Å². The van der Waals surface area contributed by atoms with E-state index < -0.39 is 0 Å². The van der Waals surface area contributed by atoms with Crippen LogP contribution in [0.3, 0.4) is 0 Å². The molecule has 2 aromatic carbocycles. The molecule has 0 saturated heterocycles. The highest BCUT2D eigenvalue weighted by Crippen LogP contribution is 2.13. The first-order valence-electron chi connectivity index (χ1n) is 9.57. The van der Waals surface area contributed by atoms with Crippen molar-refractivity contribution in [2.24, 2.45) is 0 Å². The fourth-order valence-electron chi connectivity index (χ4n) is 3.02. The van der Waals surface area contributed by atoms with Crippen molar-refractivity contribution in [3.63, 3.8) is 0 Å². The van der Waals surface area contributed by atoms with Gasteiger partial charge in [-0.3, -0.25) is 4.79 Å². The summed E-state index contributed by atoms with van der Waals surface area (Å²) in [6.07, 6.45) is 0.838. The number of anilines is 1. The third-order valence-electron chi connectivity index (χ3n) is 4.55. The SMILES string of the molecule is COc1ccc(CCNc2cc(C(=O)N(C)Cc3ccccc3)nc(C)n2)cc1. The number of ether oxygens (including phenoxy) is 1. The number of nitrogens with one attached hydrogen (secondary N) is 1. The Hall–Kier alpha value is -3.41. The molecule has 0 spiro atoms. The Morgan fingerprint density at radius 3 is 2.45 bits per heavy atom. The highest BCUT2D eigenvalue weighted by Gasteiger charge is 2.15. The van der Waals surface area contributed by atoms with Crippen LogP contribution in [0.25, 0.3) is 0 Å². The van der Waals surface area contributed by atoms with Gasteiger partial charge in [0.1, 0.15) is 23.1 Å². The normalized spacial score (nSPS) is 10.4. The van der Waals surface area contributed by atoms with E-state index in [4.69, 9.17) is 4.74 Å². The van der Waals surface area contributed by atoms with Crippen molar-refractivity contribution in [3.8, 4) is 5.75 Å². The van der Waals surface area contributed by atoms with Gasteiger partial charge < -0.3 is 15.0 Å². The number of aryl methyl sites for hydroxylation is 1. The van der Waals surface area contributed by atoms with E-state index >= 15 is 0 Å².